The summed E-state index contributed by atoms with van der Waals surface area (Å²) < 4.78 is 0. The fourth-order valence-corrected chi connectivity index (χ4v) is 1.83. The summed E-state index contributed by atoms with van der Waals surface area (Å²) in [4.78, 5) is 10.9. The van der Waals surface area contributed by atoms with Gasteiger partial charge in [-0.2, -0.15) is 0 Å². The van der Waals surface area contributed by atoms with Crippen LogP contribution in [0.15, 0.2) is 34.6 Å². The number of hydrogen-bond acceptors (Lipinski definition) is 3. The molecule has 1 aliphatic rings. The largest absolute Gasteiger partial charge is 0.480 e. The third-order valence-electron chi connectivity index (χ3n) is 2.82. The summed E-state index contributed by atoms with van der Waals surface area (Å²) in [5, 5.41) is 18.6. The Morgan fingerprint density at radius 3 is 2.76 bits per heavy atom. The van der Waals surface area contributed by atoms with Crippen LogP contribution in [0.3, 0.4) is 0 Å². The van der Waals surface area contributed by atoms with Crippen LogP contribution < -0.4 is 0 Å². The molecule has 1 heterocycles. The highest BCUT2D eigenvalue weighted by Gasteiger charge is 2.29. The Balaban J connectivity index is 2.05. The molecule has 1 aromatic carbocycles. The molecule has 0 spiro atoms. The lowest BCUT2D eigenvalue weighted by Crippen LogP contribution is -2.31. The Hall–Kier alpha value is -1.91. The number of benzene rings is 1. The van der Waals surface area contributed by atoms with Gasteiger partial charge in [0, 0.05) is 6.54 Å². The lowest BCUT2D eigenvalue weighted by Gasteiger charge is -2.15. The van der Waals surface area contributed by atoms with Crippen molar-refractivity contribution < 1.29 is 9.90 Å². The molecule has 0 aliphatic carbocycles. The fourth-order valence-electron chi connectivity index (χ4n) is 1.83. The molecule has 0 aromatic heterocycles. The average Bonchev–Trinajstić information content (AvgIpc) is 2.76. The molecule has 90 valence electrons. The van der Waals surface area contributed by atoms with Gasteiger partial charge in [-0.05, 0) is 31.9 Å². The second-order valence-corrected chi connectivity index (χ2v) is 4.18. The molecule has 1 aliphatic heterocycles. The molecule has 0 radical (unpaired) electrons. The SMILES string of the molecule is Cc1ccc(N=NN2CCC[C@@H]2C(=O)O)cc1. The van der Waals surface area contributed by atoms with Crippen LogP contribution in [0.5, 0.6) is 0 Å². The van der Waals surface area contributed by atoms with Gasteiger partial charge in [0.1, 0.15) is 6.04 Å². The first-order valence-corrected chi connectivity index (χ1v) is 5.64. The van der Waals surface area contributed by atoms with Gasteiger partial charge in [-0.1, -0.05) is 22.9 Å². The van der Waals surface area contributed by atoms with Crippen molar-refractivity contribution in [3.05, 3.63) is 29.8 Å². The van der Waals surface area contributed by atoms with Crippen molar-refractivity contribution in [2.45, 2.75) is 25.8 Å². The molecule has 1 aromatic rings. The zero-order chi connectivity index (χ0) is 12.3. The van der Waals surface area contributed by atoms with E-state index in [2.05, 4.69) is 10.3 Å². The lowest BCUT2D eigenvalue weighted by molar-refractivity contribution is -0.142. The van der Waals surface area contributed by atoms with Crippen molar-refractivity contribution in [1.82, 2.24) is 5.01 Å². The number of carboxylic acids is 1. The second-order valence-electron chi connectivity index (χ2n) is 4.18. The van der Waals surface area contributed by atoms with E-state index in [9.17, 15) is 4.79 Å². The highest BCUT2D eigenvalue weighted by atomic mass is 16.4. The van der Waals surface area contributed by atoms with E-state index in [1.54, 1.807) is 5.01 Å². The number of carbonyl (C=O) groups is 1. The first kappa shape index (κ1) is 11.6. The molecule has 5 nitrogen and oxygen atoms in total. The minimum atomic E-state index is -0.828. The maximum absolute atomic E-state index is 10.9. The Kier molecular flexibility index (Phi) is 3.37. The number of rotatable bonds is 3. The summed E-state index contributed by atoms with van der Waals surface area (Å²) in [6, 6.07) is 7.11. The van der Waals surface area contributed by atoms with E-state index in [0.29, 0.717) is 13.0 Å². The fraction of sp³-hybridized carbons (Fsp3) is 0.417. The first-order chi connectivity index (χ1) is 8.16. The molecule has 0 bridgehead atoms. The number of nitrogens with zero attached hydrogens (tertiary/aromatic N) is 3. The third kappa shape index (κ3) is 2.81. The van der Waals surface area contributed by atoms with E-state index in [0.717, 1.165) is 17.7 Å². The van der Waals surface area contributed by atoms with Gasteiger partial charge in [-0.15, -0.1) is 5.11 Å². The quantitative estimate of drug-likeness (QED) is 0.816. The van der Waals surface area contributed by atoms with Crippen LogP contribution in [0.4, 0.5) is 5.69 Å². The Bertz CT molecular complexity index is 428. The number of aryl methyl sites for hydroxylation is 1. The van der Waals surface area contributed by atoms with Gasteiger partial charge >= 0.3 is 5.97 Å². The van der Waals surface area contributed by atoms with E-state index >= 15 is 0 Å². The van der Waals surface area contributed by atoms with Crippen molar-refractivity contribution in [3.63, 3.8) is 0 Å². The monoisotopic (exact) mass is 233 g/mol. The van der Waals surface area contributed by atoms with Gasteiger partial charge in [0.2, 0.25) is 0 Å². The van der Waals surface area contributed by atoms with Crippen LogP contribution in [0.1, 0.15) is 18.4 Å². The molecule has 1 atom stereocenters. The molecule has 0 saturated carbocycles. The van der Waals surface area contributed by atoms with Crippen LogP contribution in [0, 0.1) is 6.92 Å². The zero-order valence-electron chi connectivity index (χ0n) is 9.71. The molecule has 5 heteroatoms. The van der Waals surface area contributed by atoms with Crippen molar-refractivity contribution in [1.29, 1.82) is 0 Å². The summed E-state index contributed by atoms with van der Waals surface area (Å²) in [6.07, 6.45) is 1.49. The molecule has 0 unspecified atom stereocenters. The summed E-state index contributed by atoms with van der Waals surface area (Å²) in [5.41, 5.74) is 1.90. The summed E-state index contributed by atoms with van der Waals surface area (Å²) in [6.45, 7) is 2.66. The highest BCUT2D eigenvalue weighted by molar-refractivity contribution is 5.73. The minimum Gasteiger partial charge on any atom is -0.480 e. The van der Waals surface area contributed by atoms with E-state index in [1.165, 1.54) is 0 Å². The molecular weight excluding hydrogens is 218 g/mol. The molecule has 2 rings (SSSR count). The van der Waals surface area contributed by atoms with Crippen LogP contribution in [0.2, 0.25) is 0 Å². The lowest BCUT2D eigenvalue weighted by atomic mass is 10.2. The van der Waals surface area contributed by atoms with E-state index < -0.39 is 12.0 Å². The van der Waals surface area contributed by atoms with Gasteiger partial charge in [-0.25, -0.2) is 4.79 Å². The maximum atomic E-state index is 10.9. The number of aliphatic carboxylic acids is 1. The Labute approximate surface area is 99.7 Å². The average molecular weight is 233 g/mol. The van der Waals surface area contributed by atoms with Crippen LogP contribution >= 0.6 is 0 Å². The van der Waals surface area contributed by atoms with E-state index in [-0.39, 0.29) is 0 Å². The Morgan fingerprint density at radius 2 is 2.12 bits per heavy atom. The highest BCUT2D eigenvalue weighted by Crippen LogP contribution is 2.20. The summed E-state index contributed by atoms with van der Waals surface area (Å²) >= 11 is 0. The van der Waals surface area contributed by atoms with Crippen molar-refractivity contribution >= 4 is 11.7 Å². The minimum absolute atomic E-state index is 0.524. The summed E-state index contributed by atoms with van der Waals surface area (Å²) in [7, 11) is 0. The van der Waals surface area contributed by atoms with E-state index in [1.807, 2.05) is 31.2 Å². The standard InChI is InChI=1S/C12H15N3O2/c1-9-4-6-10(7-5-9)13-14-15-8-2-3-11(15)12(16)17/h4-7,11H,2-3,8H2,1H3,(H,16,17)/t11-/m1/s1. The van der Waals surface area contributed by atoms with Crippen LogP contribution in [0.25, 0.3) is 0 Å². The molecule has 1 fully saturated rings. The van der Waals surface area contributed by atoms with Crippen molar-refractivity contribution in [2.75, 3.05) is 6.54 Å². The third-order valence-corrected chi connectivity index (χ3v) is 2.82. The molecule has 0 amide bonds. The molecule has 1 N–H and O–H groups in total. The van der Waals surface area contributed by atoms with Crippen LogP contribution in [-0.4, -0.2) is 28.7 Å². The topological polar surface area (TPSA) is 65.3 Å². The van der Waals surface area contributed by atoms with Crippen molar-refractivity contribution in [3.8, 4) is 0 Å². The number of carboxylic acid groups (broad SMARTS) is 1. The second kappa shape index (κ2) is 4.95. The predicted octanol–water partition coefficient (Wildman–Crippen LogP) is 2.54. The Morgan fingerprint density at radius 1 is 1.41 bits per heavy atom. The summed E-state index contributed by atoms with van der Waals surface area (Å²) in [5.74, 6) is -0.828. The zero-order valence-corrected chi connectivity index (χ0v) is 9.71. The van der Waals surface area contributed by atoms with Gasteiger partial charge in [0.15, 0.2) is 0 Å². The predicted molar refractivity (Wildman–Crippen MR) is 63.1 cm³/mol. The maximum Gasteiger partial charge on any atom is 0.328 e. The first-order valence-electron chi connectivity index (χ1n) is 5.64. The molecule has 1 saturated heterocycles. The molecular formula is C12H15N3O2. The van der Waals surface area contributed by atoms with Gasteiger partial charge in [0.25, 0.3) is 0 Å². The smallest absolute Gasteiger partial charge is 0.328 e. The normalized spacial score (nSPS) is 20.1. The van der Waals surface area contributed by atoms with Gasteiger partial charge in [0.05, 0.1) is 5.69 Å². The van der Waals surface area contributed by atoms with Crippen LogP contribution in [-0.2, 0) is 4.79 Å². The van der Waals surface area contributed by atoms with Gasteiger partial charge < -0.3 is 5.11 Å². The van der Waals surface area contributed by atoms with Crippen molar-refractivity contribution in [2.24, 2.45) is 10.3 Å². The molecule has 17 heavy (non-hydrogen) atoms. The van der Waals surface area contributed by atoms with E-state index in [4.69, 9.17) is 5.11 Å². The van der Waals surface area contributed by atoms with Gasteiger partial charge in [-0.3, -0.25) is 5.01 Å². The number of hydrogen-bond donors (Lipinski definition) is 1.